The highest BCUT2D eigenvalue weighted by Gasteiger charge is 2.31. The van der Waals surface area contributed by atoms with Gasteiger partial charge in [-0.3, -0.25) is 9.69 Å². The average molecular weight is 321 g/mol. The van der Waals surface area contributed by atoms with E-state index in [1.165, 1.54) is 5.56 Å². The smallest absolute Gasteiger partial charge is 0.223 e. The highest BCUT2D eigenvalue weighted by atomic mass is 32.2. The van der Waals surface area contributed by atoms with Gasteiger partial charge in [0.2, 0.25) is 5.91 Å². The van der Waals surface area contributed by atoms with Crippen LogP contribution in [-0.4, -0.2) is 53.4 Å². The maximum Gasteiger partial charge on any atom is 0.223 e. The molecule has 2 atom stereocenters. The number of hydrogen-bond acceptors (Lipinski definition) is 3. The van der Waals surface area contributed by atoms with Crippen molar-refractivity contribution in [2.45, 2.75) is 38.8 Å². The third-order valence-electron chi connectivity index (χ3n) is 4.65. The van der Waals surface area contributed by atoms with Crippen molar-refractivity contribution in [3.63, 3.8) is 0 Å². The van der Waals surface area contributed by atoms with Gasteiger partial charge in [-0.15, -0.1) is 0 Å². The van der Waals surface area contributed by atoms with Gasteiger partial charge in [-0.25, -0.2) is 0 Å². The van der Waals surface area contributed by atoms with Gasteiger partial charge in [0, 0.05) is 43.9 Å². The Hall–Kier alpha value is -1.00. The first-order valence-electron chi connectivity index (χ1n) is 8.24. The molecular weight excluding hydrogens is 292 g/mol. The van der Waals surface area contributed by atoms with Crippen LogP contribution in [0.5, 0.6) is 0 Å². The molecule has 4 heteroatoms. The maximum absolute atomic E-state index is 12.4. The highest BCUT2D eigenvalue weighted by molar-refractivity contribution is 7.98. The third-order valence-corrected chi connectivity index (χ3v) is 5.26. The number of hydrogen-bond donors (Lipinski definition) is 0. The van der Waals surface area contributed by atoms with Crippen molar-refractivity contribution < 1.29 is 4.79 Å². The minimum atomic E-state index is 0.316. The number of likely N-dealkylation sites (tertiary alicyclic amines) is 1. The third kappa shape index (κ3) is 4.26. The molecule has 0 radical (unpaired) electrons. The second-order valence-corrected chi connectivity index (χ2v) is 6.93. The molecule has 0 bridgehead atoms. The summed E-state index contributed by atoms with van der Waals surface area (Å²) in [5.74, 6) is 1.24. The lowest BCUT2D eigenvalue weighted by atomic mass is 10.1. The summed E-state index contributed by atoms with van der Waals surface area (Å²) < 4.78 is 0. The number of amides is 1. The lowest BCUT2D eigenvalue weighted by Gasteiger charge is -2.30. The van der Waals surface area contributed by atoms with Gasteiger partial charge < -0.3 is 4.90 Å². The van der Waals surface area contributed by atoms with E-state index in [2.05, 4.69) is 60.2 Å². The topological polar surface area (TPSA) is 23.6 Å². The maximum atomic E-state index is 12.4. The summed E-state index contributed by atoms with van der Waals surface area (Å²) in [6, 6.07) is 11.5. The molecule has 1 aliphatic heterocycles. The molecule has 0 spiro atoms. The number of likely N-dealkylation sites (N-methyl/N-ethyl adjacent to an activating group) is 1. The van der Waals surface area contributed by atoms with Crippen molar-refractivity contribution in [1.82, 2.24) is 9.80 Å². The van der Waals surface area contributed by atoms with Gasteiger partial charge in [0.15, 0.2) is 0 Å². The van der Waals surface area contributed by atoms with Crippen molar-refractivity contribution in [2.24, 2.45) is 0 Å². The molecule has 0 N–H and O–H groups in total. The Balaban J connectivity index is 1.94. The van der Waals surface area contributed by atoms with E-state index >= 15 is 0 Å². The molecule has 1 saturated heterocycles. The van der Waals surface area contributed by atoms with Crippen LogP contribution < -0.4 is 0 Å². The second-order valence-electron chi connectivity index (χ2n) is 5.95. The first-order valence-corrected chi connectivity index (χ1v) is 9.64. The normalized spacial score (nSPS) is 20.0. The first kappa shape index (κ1) is 17.4. The summed E-state index contributed by atoms with van der Waals surface area (Å²) in [5.41, 5.74) is 1.36. The van der Waals surface area contributed by atoms with Crippen LogP contribution in [0, 0.1) is 0 Å². The second kappa shape index (κ2) is 8.59. The Morgan fingerprint density at radius 2 is 2.14 bits per heavy atom. The zero-order valence-electron chi connectivity index (χ0n) is 14.0. The lowest BCUT2D eigenvalue weighted by Crippen LogP contribution is -2.42. The monoisotopic (exact) mass is 320 g/mol. The quantitative estimate of drug-likeness (QED) is 0.769. The van der Waals surface area contributed by atoms with Crippen LogP contribution in [0.3, 0.4) is 0 Å². The lowest BCUT2D eigenvalue weighted by molar-refractivity contribution is -0.132. The van der Waals surface area contributed by atoms with Crippen LogP contribution in [0.25, 0.3) is 0 Å². The van der Waals surface area contributed by atoms with Gasteiger partial charge >= 0.3 is 0 Å². The molecule has 0 aliphatic carbocycles. The molecule has 2 rings (SSSR count). The van der Waals surface area contributed by atoms with E-state index in [0.717, 1.165) is 31.8 Å². The number of thioether (sulfide) groups is 1. The summed E-state index contributed by atoms with van der Waals surface area (Å²) >= 11 is 1.75. The van der Waals surface area contributed by atoms with E-state index in [-0.39, 0.29) is 0 Å². The molecule has 1 fully saturated rings. The van der Waals surface area contributed by atoms with Gasteiger partial charge in [0.25, 0.3) is 0 Å². The van der Waals surface area contributed by atoms with Crippen LogP contribution in [0.1, 0.15) is 38.3 Å². The standard InChI is InChI=1S/C18H28N2OS/c1-4-20(18(21)11-13-22-3)17-10-12-19(14-17)15(2)16-8-6-5-7-9-16/h5-9,15,17H,4,10-14H2,1-3H3. The Kier molecular flexibility index (Phi) is 6.77. The fourth-order valence-corrected chi connectivity index (χ4v) is 3.67. The molecule has 1 heterocycles. The molecule has 2 unspecified atom stereocenters. The average Bonchev–Trinajstić information content (AvgIpc) is 3.03. The molecule has 1 aliphatic rings. The van der Waals surface area contributed by atoms with Gasteiger partial charge in [-0.05, 0) is 32.1 Å². The molecule has 1 amide bonds. The number of benzene rings is 1. The van der Waals surface area contributed by atoms with E-state index in [1.807, 2.05) is 0 Å². The van der Waals surface area contributed by atoms with Gasteiger partial charge in [0.1, 0.15) is 0 Å². The number of carbonyl (C=O) groups is 1. The van der Waals surface area contributed by atoms with E-state index in [0.29, 0.717) is 24.4 Å². The van der Waals surface area contributed by atoms with Crippen LogP contribution in [0.2, 0.25) is 0 Å². The zero-order chi connectivity index (χ0) is 15.9. The predicted molar refractivity (Wildman–Crippen MR) is 95.2 cm³/mol. The molecule has 0 saturated carbocycles. The predicted octanol–water partition coefficient (Wildman–Crippen LogP) is 3.42. The highest BCUT2D eigenvalue weighted by Crippen LogP contribution is 2.26. The Labute approximate surface area is 139 Å². The van der Waals surface area contributed by atoms with Gasteiger partial charge in [-0.1, -0.05) is 30.3 Å². The molecule has 3 nitrogen and oxygen atoms in total. The van der Waals surface area contributed by atoms with E-state index in [9.17, 15) is 4.79 Å². The van der Waals surface area contributed by atoms with E-state index < -0.39 is 0 Å². The van der Waals surface area contributed by atoms with Crippen molar-refractivity contribution >= 4 is 17.7 Å². The summed E-state index contributed by atoms with van der Waals surface area (Å²) in [7, 11) is 0. The zero-order valence-corrected chi connectivity index (χ0v) is 14.8. The van der Waals surface area contributed by atoms with Gasteiger partial charge in [-0.2, -0.15) is 11.8 Å². The van der Waals surface area contributed by atoms with Crippen LogP contribution in [-0.2, 0) is 4.79 Å². The summed E-state index contributed by atoms with van der Waals surface area (Å²) in [6.45, 7) is 7.26. The minimum absolute atomic E-state index is 0.316. The van der Waals surface area contributed by atoms with Gasteiger partial charge in [0.05, 0.1) is 0 Å². The fraction of sp³-hybridized carbons (Fsp3) is 0.611. The Morgan fingerprint density at radius 1 is 1.41 bits per heavy atom. The summed E-state index contributed by atoms with van der Waals surface area (Å²) in [5, 5.41) is 0. The molecule has 0 aromatic heterocycles. The van der Waals surface area contributed by atoms with E-state index in [1.54, 1.807) is 11.8 Å². The molecular formula is C18H28N2OS. The first-order chi connectivity index (χ1) is 10.7. The fourth-order valence-electron chi connectivity index (χ4n) is 3.29. The van der Waals surface area contributed by atoms with E-state index in [4.69, 9.17) is 0 Å². The van der Waals surface area contributed by atoms with Crippen LogP contribution in [0.15, 0.2) is 30.3 Å². The number of nitrogens with zero attached hydrogens (tertiary/aromatic N) is 2. The van der Waals surface area contributed by atoms with Crippen molar-refractivity contribution in [3.8, 4) is 0 Å². The van der Waals surface area contributed by atoms with Crippen molar-refractivity contribution in [3.05, 3.63) is 35.9 Å². The summed E-state index contributed by atoms with van der Waals surface area (Å²) in [4.78, 5) is 17.0. The minimum Gasteiger partial charge on any atom is -0.339 e. The van der Waals surface area contributed by atoms with Crippen LogP contribution >= 0.6 is 11.8 Å². The molecule has 1 aromatic carbocycles. The Bertz CT molecular complexity index is 465. The molecule has 122 valence electrons. The summed E-state index contributed by atoms with van der Waals surface area (Å²) in [6.07, 6.45) is 3.82. The molecule has 1 aromatic rings. The van der Waals surface area contributed by atoms with Crippen molar-refractivity contribution in [2.75, 3.05) is 31.6 Å². The van der Waals surface area contributed by atoms with Crippen molar-refractivity contribution in [1.29, 1.82) is 0 Å². The SMILES string of the molecule is CCN(C(=O)CCSC)C1CCN(C(C)c2ccccc2)C1. The number of carbonyl (C=O) groups excluding carboxylic acids is 1. The largest absolute Gasteiger partial charge is 0.339 e. The Morgan fingerprint density at radius 3 is 2.77 bits per heavy atom. The number of rotatable bonds is 7. The molecule has 22 heavy (non-hydrogen) atoms. The van der Waals surface area contributed by atoms with Crippen LogP contribution in [0.4, 0.5) is 0 Å².